The van der Waals surface area contributed by atoms with Crippen molar-refractivity contribution < 1.29 is 9.84 Å². The monoisotopic (exact) mass is 227 g/mol. The molecule has 1 aromatic carbocycles. The van der Waals surface area contributed by atoms with E-state index in [-0.39, 0.29) is 12.6 Å². The van der Waals surface area contributed by atoms with Crippen LogP contribution in [0.25, 0.3) is 0 Å². The summed E-state index contributed by atoms with van der Waals surface area (Å²) in [6.45, 7) is 0.151. The first-order chi connectivity index (χ1) is 7.31. The van der Waals surface area contributed by atoms with Crippen molar-refractivity contribution >= 4 is 11.8 Å². The van der Waals surface area contributed by atoms with Crippen LogP contribution < -0.4 is 10.1 Å². The Balaban J connectivity index is 2.56. The highest BCUT2D eigenvalue weighted by atomic mass is 32.2. The summed E-state index contributed by atoms with van der Waals surface area (Å²) < 4.78 is 5.24. The van der Waals surface area contributed by atoms with Crippen molar-refractivity contribution in [2.45, 2.75) is 10.9 Å². The lowest BCUT2D eigenvalue weighted by atomic mass is 10.3. The molecule has 0 bridgehead atoms. The van der Waals surface area contributed by atoms with E-state index in [0.29, 0.717) is 0 Å². The van der Waals surface area contributed by atoms with E-state index in [1.165, 1.54) is 0 Å². The molecule has 4 heteroatoms. The summed E-state index contributed by atoms with van der Waals surface area (Å²) in [5.41, 5.74) is 0. The fourth-order valence-corrected chi connectivity index (χ4v) is 2.28. The van der Waals surface area contributed by atoms with Crippen molar-refractivity contribution in [2.75, 3.05) is 26.5 Å². The second kappa shape index (κ2) is 6.71. The van der Waals surface area contributed by atoms with Crippen LogP contribution in [0.3, 0.4) is 0 Å². The quantitative estimate of drug-likeness (QED) is 0.720. The van der Waals surface area contributed by atoms with Crippen molar-refractivity contribution in [2.24, 2.45) is 0 Å². The molecule has 0 saturated carbocycles. The molecule has 0 radical (unpaired) electrons. The van der Waals surface area contributed by atoms with Crippen LogP contribution in [0.15, 0.2) is 29.2 Å². The van der Waals surface area contributed by atoms with Crippen LogP contribution in [0, 0.1) is 0 Å². The minimum absolute atomic E-state index is 0.125. The highest BCUT2D eigenvalue weighted by molar-refractivity contribution is 7.99. The number of thioether (sulfide) groups is 1. The minimum Gasteiger partial charge on any atom is -0.496 e. The van der Waals surface area contributed by atoms with Crippen LogP contribution >= 0.6 is 11.8 Å². The van der Waals surface area contributed by atoms with E-state index in [1.54, 1.807) is 18.9 Å². The van der Waals surface area contributed by atoms with Crippen molar-refractivity contribution in [3.8, 4) is 5.75 Å². The van der Waals surface area contributed by atoms with E-state index < -0.39 is 0 Å². The Hall–Kier alpha value is -0.710. The second-order valence-electron chi connectivity index (χ2n) is 3.13. The van der Waals surface area contributed by atoms with Crippen LogP contribution in [0.5, 0.6) is 5.75 Å². The lowest BCUT2D eigenvalue weighted by molar-refractivity contribution is 0.260. The van der Waals surface area contributed by atoms with Gasteiger partial charge in [-0.1, -0.05) is 12.1 Å². The number of ether oxygens (including phenoxy) is 1. The van der Waals surface area contributed by atoms with Crippen molar-refractivity contribution in [1.82, 2.24) is 5.32 Å². The molecule has 0 aliphatic rings. The van der Waals surface area contributed by atoms with Gasteiger partial charge in [0, 0.05) is 16.7 Å². The summed E-state index contributed by atoms with van der Waals surface area (Å²) in [5, 5.41) is 12.1. The van der Waals surface area contributed by atoms with Crippen LogP contribution in [0.2, 0.25) is 0 Å². The van der Waals surface area contributed by atoms with Crippen LogP contribution in [0.4, 0.5) is 0 Å². The Morgan fingerprint density at radius 2 is 2.20 bits per heavy atom. The zero-order valence-corrected chi connectivity index (χ0v) is 9.88. The van der Waals surface area contributed by atoms with Gasteiger partial charge in [-0.2, -0.15) is 0 Å². The molecule has 0 spiro atoms. The first-order valence-electron chi connectivity index (χ1n) is 4.85. The smallest absolute Gasteiger partial charge is 0.132 e. The number of aliphatic hydroxyl groups excluding tert-OH is 1. The first kappa shape index (κ1) is 12.4. The maximum atomic E-state index is 9.02. The number of hydrogen-bond donors (Lipinski definition) is 2. The number of hydrogen-bond acceptors (Lipinski definition) is 4. The molecular formula is C11H17NO2S. The predicted molar refractivity (Wildman–Crippen MR) is 63.7 cm³/mol. The predicted octanol–water partition coefficient (Wildman–Crippen LogP) is 1.37. The zero-order valence-electron chi connectivity index (χ0n) is 9.06. The third-order valence-corrected chi connectivity index (χ3v) is 3.36. The summed E-state index contributed by atoms with van der Waals surface area (Å²) in [6, 6.07) is 8.02. The van der Waals surface area contributed by atoms with Gasteiger partial charge < -0.3 is 15.2 Å². The maximum Gasteiger partial charge on any atom is 0.132 e. The van der Waals surface area contributed by atoms with E-state index in [4.69, 9.17) is 9.84 Å². The number of para-hydroxylation sites is 1. The fraction of sp³-hybridized carbons (Fsp3) is 0.455. The Morgan fingerprint density at radius 3 is 2.80 bits per heavy atom. The van der Waals surface area contributed by atoms with Gasteiger partial charge in [0.25, 0.3) is 0 Å². The zero-order chi connectivity index (χ0) is 11.1. The van der Waals surface area contributed by atoms with E-state index in [2.05, 4.69) is 5.32 Å². The average Bonchev–Trinajstić information content (AvgIpc) is 2.31. The number of likely N-dealkylation sites (N-methyl/N-ethyl adjacent to an activating group) is 1. The van der Waals surface area contributed by atoms with Crippen LogP contribution in [0.1, 0.15) is 0 Å². The molecule has 1 unspecified atom stereocenters. The molecule has 84 valence electrons. The van der Waals surface area contributed by atoms with Crippen molar-refractivity contribution in [3.05, 3.63) is 24.3 Å². The van der Waals surface area contributed by atoms with Gasteiger partial charge in [0.05, 0.1) is 13.7 Å². The Kier molecular flexibility index (Phi) is 5.53. The molecule has 15 heavy (non-hydrogen) atoms. The van der Waals surface area contributed by atoms with Crippen molar-refractivity contribution in [1.29, 1.82) is 0 Å². The third kappa shape index (κ3) is 3.74. The number of aliphatic hydroxyl groups is 1. The Labute approximate surface area is 94.8 Å². The van der Waals surface area contributed by atoms with Crippen molar-refractivity contribution in [3.63, 3.8) is 0 Å². The lowest BCUT2D eigenvalue weighted by Crippen LogP contribution is -2.31. The highest BCUT2D eigenvalue weighted by Gasteiger charge is 2.07. The molecule has 1 aromatic rings. The van der Waals surface area contributed by atoms with E-state index in [1.807, 2.05) is 31.3 Å². The minimum atomic E-state index is 0.125. The summed E-state index contributed by atoms with van der Waals surface area (Å²) in [7, 11) is 3.52. The summed E-state index contributed by atoms with van der Waals surface area (Å²) in [4.78, 5) is 1.11. The number of nitrogens with one attached hydrogen (secondary N) is 1. The molecule has 3 nitrogen and oxygen atoms in total. The molecule has 0 aromatic heterocycles. The van der Waals surface area contributed by atoms with Gasteiger partial charge in [0.1, 0.15) is 5.75 Å². The van der Waals surface area contributed by atoms with Crippen LogP contribution in [-0.4, -0.2) is 37.7 Å². The SMILES string of the molecule is CNC(CO)CSc1ccccc1OC. The van der Waals surface area contributed by atoms with Gasteiger partial charge in [0.2, 0.25) is 0 Å². The van der Waals surface area contributed by atoms with Crippen LogP contribution in [-0.2, 0) is 0 Å². The Bertz CT molecular complexity index is 290. The van der Waals surface area contributed by atoms with Gasteiger partial charge in [-0.3, -0.25) is 0 Å². The molecule has 0 heterocycles. The van der Waals surface area contributed by atoms with Gasteiger partial charge in [-0.25, -0.2) is 0 Å². The molecule has 0 aliphatic carbocycles. The topological polar surface area (TPSA) is 41.5 Å². The summed E-state index contributed by atoms with van der Waals surface area (Å²) >= 11 is 1.68. The molecule has 0 aliphatic heterocycles. The van der Waals surface area contributed by atoms with E-state index in [9.17, 15) is 0 Å². The standard InChI is InChI=1S/C11H17NO2S/c1-12-9(7-13)8-15-11-6-4-3-5-10(11)14-2/h3-6,9,12-13H,7-8H2,1-2H3. The fourth-order valence-electron chi connectivity index (χ4n) is 1.16. The van der Waals surface area contributed by atoms with E-state index in [0.717, 1.165) is 16.4 Å². The van der Waals surface area contributed by atoms with E-state index >= 15 is 0 Å². The summed E-state index contributed by atoms with van der Waals surface area (Å²) in [6.07, 6.45) is 0. The lowest BCUT2D eigenvalue weighted by Gasteiger charge is -2.13. The third-order valence-electron chi connectivity index (χ3n) is 2.14. The molecule has 2 N–H and O–H groups in total. The molecule has 1 atom stereocenters. The maximum absolute atomic E-state index is 9.02. The molecule has 1 rings (SSSR count). The van der Waals surface area contributed by atoms with Gasteiger partial charge in [-0.05, 0) is 19.2 Å². The first-order valence-corrected chi connectivity index (χ1v) is 5.84. The number of rotatable bonds is 6. The molecule has 0 saturated heterocycles. The number of methoxy groups -OCH3 is 1. The second-order valence-corrected chi connectivity index (χ2v) is 4.19. The number of benzene rings is 1. The largest absolute Gasteiger partial charge is 0.496 e. The normalized spacial score (nSPS) is 12.5. The molecule has 0 amide bonds. The summed E-state index contributed by atoms with van der Waals surface area (Å²) in [5.74, 6) is 1.71. The molecular weight excluding hydrogens is 210 g/mol. The van der Waals surface area contributed by atoms with Gasteiger partial charge in [-0.15, -0.1) is 11.8 Å². The highest BCUT2D eigenvalue weighted by Crippen LogP contribution is 2.28. The molecule has 0 fully saturated rings. The Morgan fingerprint density at radius 1 is 1.47 bits per heavy atom. The average molecular weight is 227 g/mol. The van der Waals surface area contributed by atoms with Gasteiger partial charge >= 0.3 is 0 Å². The van der Waals surface area contributed by atoms with Gasteiger partial charge in [0.15, 0.2) is 0 Å².